The molecule has 478 valence electrons. The number of hydrogen-bond donors (Lipinski definition) is 5. The van der Waals surface area contributed by atoms with E-state index in [0.29, 0.717) is 195 Å². The summed E-state index contributed by atoms with van der Waals surface area (Å²) in [6.45, 7) is 17.7. The smallest absolute Gasteiger partial charge is 0.408 e. The van der Waals surface area contributed by atoms with Crippen LogP contribution in [0.4, 0.5) is 27.5 Å². The molecule has 2 atom stereocenters. The van der Waals surface area contributed by atoms with Crippen molar-refractivity contribution in [3.05, 3.63) is 48.5 Å². The van der Waals surface area contributed by atoms with Gasteiger partial charge in [0.1, 0.15) is 11.6 Å². The molecule has 6 N–H and O–H groups in total. The van der Waals surface area contributed by atoms with Crippen molar-refractivity contribution in [1.82, 2.24) is 10.6 Å². The molecule has 0 unspecified atom stereocenters. The van der Waals surface area contributed by atoms with E-state index in [9.17, 15) is 24.0 Å². The summed E-state index contributed by atoms with van der Waals surface area (Å²) >= 11 is 0. The van der Waals surface area contributed by atoms with E-state index >= 15 is 0 Å². The number of azo groups is 1. The zero-order valence-electron chi connectivity index (χ0n) is 50.0. The number of nitrogens with one attached hydrogen (secondary N) is 4. The highest BCUT2D eigenvalue weighted by Gasteiger charge is 2.31. The van der Waals surface area contributed by atoms with Gasteiger partial charge in [0.25, 0.3) is 0 Å². The molecule has 3 amide bonds. The van der Waals surface area contributed by atoms with Gasteiger partial charge in [-0.3, -0.25) is 14.4 Å². The molecule has 0 aromatic heterocycles. The largest absolute Gasteiger partial charge is 0.469 e. The van der Waals surface area contributed by atoms with Crippen molar-refractivity contribution in [3.63, 3.8) is 0 Å². The summed E-state index contributed by atoms with van der Waals surface area (Å²) in [4.78, 5) is 62.3. The molecule has 27 heteroatoms. The number of nitrogens with two attached hydrogens (primary N) is 1. The molecule has 0 bridgehead atoms. The predicted molar refractivity (Wildman–Crippen MR) is 310 cm³/mol. The molecule has 0 aliphatic carbocycles. The highest BCUT2D eigenvalue weighted by atomic mass is 16.6. The molecule has 0 spiro atoms. The highest BCUT2D eigenvalue weighted by molar-refractivity contribution is 5.91. The van der Waals surface area contributed by atoms with Crippen LogP contribution in [0.25, 0.3) is 0 Å². The normalized spacial score (nSPS) is 12.2. The third kappa shape index (κ3) is 43.1. The second-order valence-electron chi connectivity index (χ2n) is 19.1. The molecule has 27 nitrogen and oxygen atoms in total. The number of nitrogens with zero attached hydrogens (tertiary/aromatic N) is 2. The lowest BCUT2D eigenvalue weighted by atomic mass is 9.94. The Morgan fingerprint density at radius 1 is 0.476 bits per heavy atom. The Morgan fingerprint density at radius 2 is 0.857 bits per heavy atom. The van der Waals surface area contributed by atoms with E-state index < -0.39 is 35.6 Å². The molecule has 0 fully saturated rings. The number of carbonyl (C=O) groups is 5. The van der Waals surface area contributed by atoms with Crippen LogP contribution in [0, 0.1) is 5.92 Å². The molecule has 2 aromatic carbocycles. The summed E-state index contributed by atoms with van der Waals surface area (Å²) in [7, 11) is 2.40. The lowest BCUT2D eigenvalue weighted by molar-refractivity contribution is -0.148. The Morgan fingerprint density at radius 3 is 1.24 bits per heavy atom. The van der Waals surface area contributed by atoms with Gasteiger partial charge in [-0.1, -0.05) is 0 Å². The van der Waals surface area contributed by atoms with Gasteiger partial charge in [-0.25, -0.2) is 9.59 Å². The molecule has 2 aromatic rings. The van der Waals surface area contributed by atoms with Crippen molar-refractivity contribution < 1.29 is 95.0 Å². The number of ether oxygens (including phenoxy) is 15. The second kappa shape index (κ2) is 50.8. The molecule has 0 saturated heterocycles. The predicted octanol–water partition coefficient (Wildman–Crippen LogP) is 4.53. The van der Waals surface area contributed by atoms with Gasteiger partial charge in [-0.15, -0.1) is 0 Å². The summed E-state index contributed by atoms with van der Waals surface area (Å²) in [5.41, 5.74) is 7.14. The van der Waals surface area contributed by atoms with Gasteiger partial charge in [-0.2, -0.15) is 10.2 Å². The fourth-order valence-corrected chi connectivity index (χ4v) is 6.96. The standard InChI is InChI=1S/C57H95N7O20/c1-57(2,3)84-56(69)62-51(55(68)71-5)45-46(54(67)70-4)7-6-8-53(66)61-48-11-15-50(16-12-48)64-63-49-13-9-47(10-14-49)59-19-20-60-52(65)17-21-72-23-25-74-27-29-76-31-33-78-35-37-80-39-41-82-43-44-83-42-40-81-38-36-79-34-32-77-30-28-75-26-24-73-22-18-58/h9-16,46,51,59H,6-8,17-45,58H2,1-5H3,(H,60,65)(H,61,66)(H,62,69)/t46-,51-/m0/s1. The van der Waals surface area contributed by atoms with Gasteiger partial charge >= 0.3 is 18.0 Å². The first-order valence-electron chi connectivity index (χ1n) is 28.5. The van der Waals surface area contributed by atoms with E-state index in [1.807, 2.05) is 24.3 Å². The number of hydrogen-bond acceptors (Lipinski definition) is 24. The maximum atomic E-state index is 12.7. The van der Waals surface area contributed by atoms with Crippen molar-refractivity contribution in [2.45, 2.75) is 64.5 Å². The van der Waals surface area contributed by atoms with Gasteiger partial charge in [0.2, 0.25) is 11.8 Å². The number of carbonyl (C=O) groups excluding carboxylic acids is 5. The summed E-state index contributed by atoms with van der Waals surface area (Å²) in [6.07, 6.45) is -0.102. The zero-order valence-corrected chi connectivity index (χ0v) is 50.0. The molecule has 2 rings (SSSR count). The van der Waals surface area contributed by atoms with Crippen molar-refractivity contribution in [1.29, 1.82) is 0 Å². The molecule has 0 aliphatic heterocycles. The highest BCUT2D eigenvalue weighted by Crippen LogP contribution is 2.23. The topological polar surface area (TPSA) is 323 Å². The molecule has 0 saturated carbocycles. The number of anilines is 2. The molecule has 0 aliphatic rings. The monoisotopic (exact) mass is 1200 g/mol. The minimum Gasteiger partial charge on any atom is -0.469 e. The van der Waals surface area contributed by atoms with Crippen molar-refractivity contribution in [2.24, 2.45) is 21.9 Å². The summed E-state index contributed by atoms with van der Waals surface area (Å²) in [6, 6.07) is 13.0. The van der Waals surface area contributed by atoms with Crippen LogP contribution in [0.5, 0.6) is 0 Å². The van der Waals surface area contributed by atoms with Crippen molar-refractivity contribution >= 4 is 52.6 Å². The first kappa shape index (κ1) is 74.6. The summed E-state index contributed by atoms with van der Waals surface area (Å²) < 4.78 is 80.6. The fourth-order valence-electron chi connectivity index (χ4n) is 6.96. The minimum absolute atomic E-state index is 0.0851. The van der Waals surface area contributed by atoms with E-state index in [1.165, 1.54) is 14.2 Å². The summed E-state index contributed by atoms with van der Waals surface area (Å²) in [5.74, 6) is -2.52. The van der Waals surface area contributed by atoms with Crippen molar-refractivity contribution in [2.75, 3.05) is 203 Å². The van der Waals surface area contributed by atoms with Crippen LogP contribution in [0.1, 0.15) is 52.9 Å². The lowest BCUT2D eigenvalue weighted by Crippen LogP contribution is -2.45. The maximum absolute atomic E-state index is 12.7. The second-order valence-corrected chi connectivity index (χ2v) is 19.1. The van der Waals surface area contributed by atoms with Crippen LogP contribution >= 0.6 is 0 Å². The first-order chi connectivity index (χ1) is 40.8. The van der Waals surface area contributed by atoms with Crippen LogP contribution in [0.15, 0.2) is 58.8 Å². The number of esters is 2. The number of alkyl carbamates (subject to hydrolysis) is 1. The number of benzene rings is 2. The van der Waals surface area contributed by atoms with Crippen LogP contribution in [-0.2, 0) is 90.2 Å². The van der Waals surface area contributed by atoms with E-state index in [1.54, 1.807) is 45.0 Å². The Kier molecular flexibility index (Phi) is 45.1. The van der Waals surface area contributed by atoms with E-state index in [-0.39, 0.29) is 44.1 Å². The zero-order chi connectivity index (χ0) is 61.0. The van der Waals surface area contributed by atoms with Gasteiger partial charge in [0.05, 0.1) is 190 Å². The molecular weight excluding hydrogens is 1100 g/mol. The van der Waals surface area contributed by atoms with E-state index in [4.69, 9.17) is 76.8 Å². The van der Waals surface area contributed by atoms with Gasteiger partial charge < -0.3 is 98.1 Å². The lowest BCUT2D eigenvalue weighted by Gasteiger charge is -2.24. The average molecular weight is 1200 g/mol. The SMILES string of the molecule is COC(=O)[C@@H](CCCC(=O)Nc1ccc(N=Nc2ccc(NCCNC(=O)CCOCCOCCOCCOCCOCCOCCOCCOCCOCCOCCOCCOCCN)cc2)cc1)C[C@H](NC(=O)OC(C)(C)C)C(=O)OC. The Balaban J connectivity index is 1.38. The molecular formula is C57H95N7O20. The molecule has 0 radical (unpaired) electrons. The van der Waals surface area contributed by atoms with Gasteiger partial charge in [-0.05, 0) is 88.6 Å². The van der Waals surface area contributed by atoms with Gasteiger partial charge in [0.15, 0.2) is 0 Å². The number of amides is 3. The third-order valence-electron chi connectivity index (χ3n) is 11.1. The van der Waals surface area contributed by atoms with Crippen LogP contribution in [-0.4, -0.2) is 234 Å². The number of methoxy groups -OCH3 is 2. The van der Waals surface area contributed by atoms with Crippen molar-refractivity contribution in [3.8, 4) is 0 Å². The molecule has 84 heavy (non-hydrogen) atoms. The Bertz CT molecular complexity index is 2020. The molecule has 0 heterocycles. The van der Waals surface area contributed by atoms with Crippen LogP contribution in [0.2, 0.25) is 0 Å². The fraction of sp³-hybridized carbons (Fsp3) is 0.702. The maximum Gasteiger partial charge on any atom is 0.408 e. The van der Waals surface area contributed by atoms with E-state index in [0.717, 1.165) is 5.69 Å². The minimum atomic E-state index is -1.16. The van der Waals surface area contributed by atoms with E-state index in [2.05, 4.69) is 31.5 Å². The summed E-state index contributed by atoms with van der Waals surface area (Å²) in [5, 5.41) is 20.0. The average Bonchev–Trinajstić information content (AvgIpc) is 3.57. The Hall–Kier alpha value is -5.53. The van der Waals surface area contributed by atoms with Crippen LogP contribution in [0.3, 0.4) is 0 Å². The van der Waals surface area contributed by atoms with Gasteiger partial charge in [0, 0.05) is 43.9 Å². The number of rotatable bonds is 54. The quantitative estimate of drug-likeness (QED) is 0.0263. The third-order valence-corrected chi connectivity index (χ3v) is 11.1. The Labute approximate surface area is 494 Å². The first-order valence-corrected chi connectivity index (χ1v) is 28.5. The van der Waals surface area contributed by atoms with Crippen LogP contribution < -0.4 is 27.0 Å².